The number of carbonyl (C=O) groups excluding carboxylic acids is 1. The van der Waals surface area contributed by atoms with Crippen LogP contribution in [0, 0.1) is 5.82 Å². The van der Waals surface area contributed by atoms with Gasteiger partial charge in [0.2, 0.25) is 0 Å². The van der Waals surface area contributed by atoms with Crippen LogP contribution in [0.3, 0.4) is 0 Å². The summed E-state index contributed by atoms with van der Waals surface area (Å²) in [6, 6.07) is 7.05. The van der Waals surface area contributed by atoms with Crippen molar-refractivity contribution in [1.29, 1.82) is 0 Å². The molecule has 1 saturated carbocycles. The lowest BCUT2D eigenvalue weighted by Gasteiger charge is -2.30. The van der Waals surface area contributed by atoms with Gasteiger partial charge < -0.3 is 0 Å². The molecule has 1 aromatic rings. The molecule has 1 aliphatic carbocycles. The largest absolute Gasteiger partial charge is 0.298 e. The second-order valence-corrected chi connectivity index (χ2v) is 5.51. The molecular weight excluding hydrogens is 241 g/mol. The third kappa shape index (κ3) is 4.13. The van der Waals surface area contributed by atoms with E-state index in [1.807, 2.05) is 7.05 Å². The summed E-state index contributed by atoms with van der Waals surface area (Å²) in [6.45, 7) is 0.430. The molecule has 19 heavy (non-hydrogen) atoms. The van der Waals surface area contributed by atoms with E-state index < -0.39 is 0 Å². The van der Waals surface area contributed by atoms with Crippen molar-refractivity contribution < 1.29 is 9.18 Å². The maximum atomic E-state index is 13.5. The molecule has 0 amide bonds. The number of halogens is 1. The molecule has 1 aromatic carbocycles. The normalized spacial score (nSPS) is 16.8. The number of hydrogen-bond donors (Lipinski definition) is 0. The Balaban J connectivity index is 1.85. The first-order chi connectivity index (χ1) is 9.16. The Hall–Kier alpha value is -1.22. The Labute approximate surface area is 114 Å². The fraction of sp³-hybridized carbons (Fsp3) is 0.562. The van der Waals surface area contributed by atoms with Crippen LogP contribution in [0.4, 0.5) is 4.39 Å². The molecule has 2 nitrogen and oxygen atoms in total. The molecule has 104 valence electrons. The fourth-order valence-electron chi connectivity index (χ4n) is 2.84. The minimum atomic E-state index is -0.281. The van der Waals surface area contributed by atoms with E-state index in [0.717, 1.165) is 0 Å². The van der Waals surface area contributed by atoms with Crippen molar-refractivity contribution in [3.8, 4) is 0 Å². The predicted octanol–water partition coefficient (Wildman–Crippen LogP) is 3.20. The molecule has 0 spiro atoms. The van der Waals surface area contributed by atoms with Gasteiger partial charge in [-0.05, 0) is 31.5 Å². The zero-order chi connectivity index (χ0) is 13.7. The van der Waals surface area contributed by atoms with Gasteiger partial charge in [-0.25, -0.2) is 4.39 Å². The van der Waals surface area contributed by atoms with Crippen molar-refractivity contribution in [1.82, 2.24) is 4.90 Å². The first kappa shape index (κ1) is 14.2. The molecule has 1 aliphatic rings. The fourth-order valence-corrected chi connectivity index (χ4v) is 2.84. The number of benzene rings is 1. The van der Waals surface area contributed by atoms with Crippen LogP contribution in [-0.4, -0.2) is 30.3 Å². The zero-order valence-electron chi connectivity index (χ0n) is 11.6. The number of Topliss-reactive ketones (excluding diaryl/α,β-unsaturated/α-hetero) is 1. The monoisotopic (exact) mass is 263 g/mol. The standard InChI is InChI=1S/C16H22FNO/c1-18(14-8-3-2-4-9-14)12-15(19)11-13-7-5-6-10-16(13)17/h5-7,10,14H,2-4,8-9,11-12H2,1H3. The van der Waals surface area contributed by atoms with Gasteiger partial charge in [-0.2, -0.15) is 0 Å². The van der Waals surface area contributed by atoms with Crippen LogP contribution in [0.15, 0.2) is 24.3 Å². The molecule has 0 radical (unpaired) electrons. The molecule has 0 N–H and O–H groups in total. The van der Waals surface area contributed by atoms with Gasteiger partial charge in [0.15, 0.2) is 5.78 Å². The van der Waals surface area contributed by atoms with Crippen molar-refractivity contribution in [3.05, 3.63) is 35.6 Å². The summed E-state index contributed by atoms with van der Waals surface area (Å²) in [5, 5.41) is 0. The Morgan fingerprint density at radius 3 is 2.63 bits per heavy atom. The molecule has 0 atom stereocenters. The number of likely N-dealkylation sites (N-methyl/N-ethyl adjacent to an activating group) is 1. The highest BCUT2D eigenvalue weighted by Crippen LogP contribution is 2.21. The molecule has 2 rings (SSSR count). The smallest absolute Gasteiger partial charge is 0.151 e. The van der Waals surface area contributed by atoms with Gasteiger partial charge >= 0.3 is 0 Å². The van der Waals surface area contributed by atoms with Crippen LogP contribution in [0.2, 0.25) is 0 Å². The molecule has 0 aliphatic heterocycles. The van der Waals surface area contributed by atoms with Gasteiger partial charge in [0.25, 0.3) is 0 Å². The van der Waals surface area contributed by atoms with Gasteiger partial charge in [0.1, 0.15) is 5.82 Å². The van der Waals surface area contributed by atoms with Crippen molar-refractivity contribution in [2.75, 3.05) is 13.6 Å². The van der Waals surface area contributed by atoms with Crippen LogP contribution in [0.25, 0.3) is 0 Å². The molecule has 3 heteroatoms. The molecule has 0 saturated heterocycles. The Morgan fingerprint density at radius 1 is 1.26 bits per heavy atom. The first-order valence-electron chi connectivity index (χ1n) is 7.12. The van der Waals surface area contributed by atoms with Crippen LogP contribution >= 0.6 is 0 Å². The van der Waals surface area contributed by atoms with Gasteiger partial charge in [0.05, 0.1) is 6.54 Å². The average molecular weight is 263 g/mol. The number of nitrogens with zero attached hydrogens (tertiary/aromatic N) is 1. The SMILES string of the molecule is CN(CC(=O)Cc1ccccc1F)C1CCCCC1. The number of carbonyl (C=O) groups is 1. The molecule has 0 unspecified atom stereocenters. The summed E-state index contributed by atoms with van der Waals surface area (Å²) >= 11 is 0. The van der Waals surface area contributed by atoms with E-state index >= 15 is 0 Å². The molecule has 0 bridgehead atoms. The minimum Gasteiger partial charge on any atom is -0.298 e. The van der Waals surface area contributed by atoms with E-state index in [4.69, 9.17) is 0 Å². The maximum absolute atomic E-state index is 13.5. The summed E-state index contributed by atoms with van der Waals surface area (Å²) in [6.07, 6.45) is 6.40. The van der Waals surface area contributed by atoms with Crippen molar-refractivity contribution >= 4 is 5.78 Å². The van der Waals surface area contributed by atoms with E-state index in [9.17, 15) is 9.18 Å². The average Bonchev–Trinajstić information content (AvgIpc) is 2.42. The minimum absolute atomic E-state index is 0.0955. The third-order valence-corrected chi connectivity index (χ3v) is 3.97. The summed E-state index contributed by atoms with van der Waals surface area (Å²) in [4.78, 5) is 14.2. The van der Waals surface area contributed by atoms with Gasteiger partial charge in [-0.15, -0.1) is 0 Å². The number of rotatable bonds is 5. The van der Waals surface area contributed by atoms with Crippen LogP contribution < -0.4 is 0 Å². The lowest BCUT2D eigenvalue weighted by atomic mass is 9.94. The Kier molecular flexibility index (Phi) is 5.08. The molecular formula is C16H22FNO. The predicted molar refractivity (Wildman–Crippen MR) is 74.6 cm³/mol. The van der Waals surface area contributed by atoms with E-state index in [0.29, 0.717) is 18.2 Å². The topological polar surface area (TPSA) is 20.3 Å². The Morgan fingerprint density at radius 2 is 1.95 bits per heavy atom. The highest BCUT2D eigenvalue weighted by Gasteiger charge is 2.20. The van der Waals surface area contributed by atoms with Crippen molar-refractivity contribution in [3.63, 3.8) is 0 Å². The van der Waals surface area contributed by atoms with Crippen LogP contribution in [0.1, 0.15) is 37.7 Å². The summed E-state index contributed by atoms with van der Waals surface area (Å²) in [5.74, 6) is -0.186. The second kappa shape index (κ2) is 6.80. The van der Waals surface area contributed by atoms with Gasteiger partial charge in [0, 0.05) is 12.5 Å². The van der Waals surface area contributed by atoms with E-state index in [1.165, 1.54) is 38.2 Å². The van der Waals surface area contributed by atoms with Crippen LogP contribution in [0.5, 0.6) is 0 Å². The van der Waals surface area contributed by atoms with E-state index in [-0.39, 0.29) is 18.0 Å². The summed E-state index contributed by atoms with van der Waals surface area (Å²) in [7, 11) is 2.01. The first-order valence-corrected chi connectivity index (χ1v) is 7.12. The van der Waals surface area contributed by atoms with Crippen molar-refractivity contribution in [2.45, 2.75) is 44.6 Å². The maximum Gasteiger partial charge on any atom is 0.151 e. The zero-order valence-corrected chi connectivity index (χ0v) is 11.6. The van der Waals surface area contributed by atoms with Crippen LogP contribution in [-0.2, 0) is 11.2 Å². The lowest BCUT2D eigenvalue weighted by molar-refractivity contribution is -0.119. The quantitative estimate of drug-likeness (QED) is 0.813. The van der Waals surface area contributed by atoms with Gasteiger partial charge in [-0.1, -0.05) is 37.5 Å². The molecule has 0 aromatic heterocycles. The van der Waals surface area contributed by atoms with E-state index in [1.54, 1.807) is 18.2 Å². The summed E-state index contributed by atoms with van der Waals surface area (Å²) < 4.78 is 13.5. The highest BCUT2D eigenvalue weighted by atomic mass is 19.1. The summed E-state index contributed by atoms with van der Waals surface area (Å²) in [5.41, 5.74) is 0.504. The third-order valence-electron chi connectivity index (χ3n) is 3.97. The molecule has 1 fully saturated rings. The Bertz CT molecular complexity index is 427. The number of hydrogen-bond acceptors (Lipinski definition) is 2. The van der Waals surface area contributed by atoms with E-state index in [2.05, 4.69) is 4.90 Å². The van der Waals surface area contributed by atoms with Gasteiger partial charge in [-0.3, -0.25) is 9.69 Å². The molecule has 0 heterocycles. The van der Waals surface area contributed by atoms with Crippen molar-refractivity contribution in [2.24, 2.45) is 0 Å². The lowest BCUT2D eigenvalue weighted by Crippen LogP contribution is -2.37. The second-order valence-electron chi connectivity index (χ2n) is 5.51. The number of ketones is 1. The highest BCUT2D eigenvalue weighted by molar-refractivity contribution is 5.82.